The van der Waals surface area contributed by atoms with Crippen LogP contribution in [0, 0.1) is 0 Å². The van der Waals surface area contributed by atoms with Crippen molar-refractivity contribution in [3.8, 4) is 0 Å². The average Bonchev–Trinajstić information content (AvgIpc) is 2.55. The van der Waals surface area contributed by atoms with E-state index in [4.69, 9.17) is 0 Å². The highest BCUT2D eigenvalue weighted by molar-refractivity contribution is 8.00. The second-order valence-corrected chi connectivity index (χ2v) is 6.24. The smallest absolute Gasteiger partial charge is 0.232 e. The second kappa shape index (κ2) is 9.87. The number of rotatable bonds is 6. The fourth-order valence-electron chi connectivity index (χ4n) is 2.47. The van der Waals surface area contributed by atoms with Gasteiger partial charge in [0.25, 0.3) is 0 Å². The summed E-state index contributed by atoms with van der Waals surface area (Å²) < 4.78 is 0. The molecule has 0 saturated carbocycles. The van der Waals surface area contributed by atoms with Gasteiger partial charge in [0.15, 0.2) is 5.78 Å². The van der Waals surface area contributed by atoms with Crippen LogP contribution in [-0.2, 0) is 4.79 Å². The van der Waals surface area contributed by atoms with Crippen molar-refractivity contribution >= 4 is 35.9 Å². The van der Waals surface area contributed by atoms with Crippen molar-refractivity contribution in [2.75, 3.05) is 31.6 Å². The topological polar surface area (TPSA) is 49.4 Å². The number of carbonyl (C=O) groups excluding carboxylic acids is 2. The number of carbonyl (C=O) groups is 2. The lowest BCUT2D eigenvalue weighted by molar-refractivity contribution is -0.129. The number of hydrogen-bond acceptors (Lipinski definition) is 4. The van der Waals surface area contributed by atoms with Crippen molar-refractivity contribution < 1.29 is 9.59 Å². The molecule has 1 unspecified atom stereocenters. The molecule has 0 aliphatic carbocycles. The Kier molecular flexibility index (Phi) is 8.53. The summed E-state index contributed by atoms with van der Waals surface area (Å²) in [7, 11) is 1.94. The van der Waals surface area contributed by atoms with Gasteiger partial charge in [-0.15, -0.1) is 24.2 Å². The van der Waals surface area contributed by atoms with E-state index in [9.17, 15) is 9.59 Å². The van der Waals surface area contributed by atoms with Crippen molar-refractivity contribution in [2.24, 2.45) is 0 Å². The van der Waals surface area contributed by atoms with Gasteiger partial charge in [-0.3, -0.25) is 9.59 Å². The standard InChI is InChI=1S/C16H22N2O2S.ClH/c1-17-14-8-5-9-18(10-14)16(20)12-21-11-15(19)13-6-3-2-4-7-13;/h2-4,6-7,14,17H,5,8-12H2,1H3;1H. The summed E-state index contributed by atoms with van der Waals surface area (Å²) in [5.74, 6) is 0.967. The second-order valence-electron chi connectivity index (χ2n) is 5.25. The molecule has 6 heteroatoms. The Bertz CT molecular complexity index is 484. The lowest BCUT2D eigenvalue weighted by Gasteiger charge is -2.32. The quantitative estimate of drug-likeness (QED) is 0.805. The summed E-state index contributed by atoms with van der Waals surface area (Å²) in [5.41, 5.74) is 0.714. The monoisotopic (exact) mass is 342 g/mol. The van der Waals surface area contributed by atoms with E-state index in [0.717, 1.165) is 25.9 Å². The number of halogens is 1. The van der Waals surface area contributed by atoms with Crippen molar-refractivity contribution in [3.63, 3.8) is 0 Å². The maximum Gasteiger partial charge on any atom is 0.232 e. The Morgan fingerprint density at radius 2 is 2.00 bits per heavy atom. The van der Waals surface area contributed by atoms with Gasteiger partial charge < -0.3 is 10.2 Å². The molecule has 0 bridgehead atoms. The molecule has 1 aromatic carbocycles. The van der Waals surface area contributed by atoms with Crippen LogP contribution in [0.1, 0.15) is 23.2 Å². The van der Waals surface area contributed by atoms with E-state index < -0.39 is 0 Å². The molecule has 2 rings (SSSR count). The summed E-state index contributed by atoms with van der Waals surface area (Å²) in [6.07, 6.45) is 2.17. The summed E-state index contributed by atoms with van der Waals surface area (Å²) >= 11 is 1.41. The molecule has 0 spiro atoms. The number of ketones is 1. The minimum atomic E-state index is 0. The zero-order chi connectivity index (χ0) is 15.1. The largest absolute Gasteiger partial charge is 0.340 e. The first-order valence-corrected chi connectivity index (χ1v) is 8.47. The van der Waals surface area contributed by atoms with E-state index in [0.29, 0.717) is 23.1 Å². The van der Waals surface area contributed by atoms with E-state index in [-0.39, 0.29) is 24.1 Å². The van der Waals surface area contributed by atoms with Gasteiger partial charge in [-0.25, -0.2) is 0 Å². The van der Waals surface area contributed by atoms with Crippen LogP contribution in [0.25, 0.3) is 0 Å². The number of benzene rings is 1. The normalized spacial score (nSPS) is 17.7. The lowest BCUT2D eigenvalue weighted by Crippen LogP contribution is -2.47. The summed E-state index contributed by atoms with van der Waals surface area (Å²) in [4.78, 5) is 26.0. The van der Waals surface area contributed by atoms with Crippen LogP contribution < -0.4 is 5.32 Å². The number of Topliss-reactive ketones (excluding diaryl/α,β-unsaturated/α-hetero) is 1. The minimum absolute atomic E-state index is 0. The maximum absolute atomic E-state index is 12.1. The average molecular weight is 343 g/mol. The van der Waals surface area contributed by atoms with Gasteiger partial charge in [0, 0.05) is 24.7 Å². The molecular weight excluding hydrogens is 320 g/mol. The highest BCUT2D eigenvalue weighted by atomic mass is 35.5. The van der Waals surface area contributed by atoms with Crippen LogP contribution in [0.3, 0.4) is 0 Å². The Morgan fingerprint density at radius 1 is 1.27 bits per heavy atom. The van der Waals surface area contributed by atoms with Crippen molar-refractivity contribution in [1.82, 2.24) is 10.2 Å². The van der Waals surface area contributed by atoms with Crippen LogP contribution in [0.4, 0.5) is 0 Å². The number of piperidine rings is 1. The molecule has 22 heavy (non-hydrogen) atoms. The fraction of sp³-hybridized carbons (Fsp3) is 0.500. The lowest BCUT2D eigenvalue weighted by atomic mass is 10.1. The first-order chi connectivity index (χ1) is 10.2. The molecule has 0 aromatic heterocycles. The van der Waals surface area contributed by atoms with Gasteiger partial charge in [0.1, 0.15) is 0 Å². The van der Waals surface area contributed by atoms with Gasteiger partial charge in [0.05, 0.1) is 11.5 Å². The first kappa shape index (κ1) is 19.0. The molecule has 0 radical (unpaired) electrons. The Labute approximate surface area is 142 Å². The van der Waals surface area contributed by atoms with E-state index >= 15 is 0 Å². The molecule has 1 heterocycles. The van der Waals surface area contributed by atoms with Crippen LogP contribution >= 0.6 is 24.2 Å². The third-order valence-corrected chi connectivity index (χ3v) is 4.65. The van der Waals surface area contributed by atoms with Gasteiger partial charge in [-0.1, -0.05) is 30.3 Å². The molecule has 1 saturated heterocycles. The molecule has 1 aromatic rings. The Morgan fingerprint density at radius 3 is 2.68 bits per heavy atom. The molecule has 1 aliphatic rings. The molecule has 1 fully saturated rings. The first-order valence-electron chi connectivity index (χ1n) is 7.31. The molecule has 1 atom stereocenters. The van der Waals surface area contributed by atoms with Crippen molar-refractivity contribution in [3.05, 3.63) is 35.9 Å². The van der Waals surface area contributed by atoms with E-state index in [1.165, 1.54) is 11.8 Å². The van der Waals surface area contributed by atoms with Crippen LogP contribution in [0.2, 0.25) is 0 Å². The van der Waals surface area contributed by atoms with Gasteiger partial charge >= 0.3 is 0 Å². The number of nitrogens with one attached hydrogen (secondary N) is 1. The molecular formula is C16H23ClN2O2S. The van der Waals surface area contributed by atoms with Crippen LogP contribution in [0.5, 0.6) is 0 Å². The number of thioether (sulfide) groups is 1. The Hall–Kier alpha value is -1.04. The van der Waals surface area contributed by atoms with Crippen molar-refractivity contribution in [1.29, 1.82) is 0 Å². The molecule has 1 amide bonds. The molecule has 4 nitrogen and oxygen atoms in total. The molecule has 1 aliphatic heterocycles. The van der Waals surface area contributed by atoms with E-state index in [1.807, 2.05) is 42.3 Å². The predicted octanol–water partition coefficient (Wildman–Crippen LogP) is 2.23. The number of likely N-dealkylation sites (tertiary alicyclic amines) is 1. The minimum Gasteiger partial charge on any atom is -0.340 e. The van der Waals surface area contributed by atoms with Gasteiger partial charge in [-0.05, 0) is 19.9 Å². The SMILES string of the molecule is CNC1CCCN(C(=O)CSCC(=O)c2ccccc2)C1.Cl. The van der Waals surface area contributed by atoms with E-state index in [2.05, 4.69) is 5.32 Å². The zero-order valence-electron chi connectivity index (χ0n) is 12.8. The molecule has 122 valence electrons. The fourth-order valence-corrected chi connectivity index (χ4v) is 3.28. The number of likely N-dealkylation sites (N-methyl/N-ethyl adjacent to an activating group) is 1. The summed E-state index contributed by atoms with van der Waals surface area (Å²) in [6.45, 7) is 1.62. The molecule has 1 N–H and O–H groups in total. The van der Waals surface area contributed by atoms with Crippen molar-refractivity contribution in [2.45, 2.75) is 18.9 Å². The van der Waals surface area contributed by atoms with Gasteiger partial charge in [0.2, 0.25) is 5.91 Å². The highest BCUT2D eigenvalue weighted by Gasteiger charge is 2.22. The number of hydrogen-bond donors (Lipinski definition) is 1. The zero-order valence-corrected chi connectivity index (χ0v) is 14.4. The highest BCUT2D eigenvalue weighted by Crippen LogP contribution is 2.13. The predicted molar refractivity (Wildman–Crippen MR) is 94.0 cm³/mol. The van der Waals surface area contributed by atoms with Gasteiger partial charge in [-0.2, -0.15) is 0 Å². The third-order valence-electron chi connectivity index (χ3n) is 3.74. The number of amides is 1. The summed E-state index contributed by atoms with van der Waals surface area (Å²) in [6, 6.07) is 9.63. The Balaban J connectivity index is 0.00000242. The maximum atomic E-state index is 12.1. The third kappa shape index (κ3) is 5.63. The summed E-state index contributed by atoms with van der Waals surface area (Å²) in [5, 5.41) is 3.23. The van der Waals surface area contributed by atoms with Crippen LogP contribution in [-0.4, -0.2) is 54.3 Å². The van der Waals surface area contributed by atoms with E-state index in [1.54, 1.807) is 0 Å². The number of nitrogens with zero attached hydrogens (tertiary/aromatic N) is 1. The van der Waals surface area contributed by atoms with Crippen LogP contribution in [0.15, 0.2) is 30.3 Å².